The molecule has 112 valence electrons. The zero-order valence-corrected chi connectivity index (χ0v) is 13.4. The van der Waals surface area contributed by atoms with E-state index in [1.807, 2.05) is 24.3 Å². The van der Waals surface area contributed by atoms with Crippen LogP contribution in [0.1, 0.15) is 43.0 Å². The van der Waals surface area contributed by atoms with E-state index in [4.69, 9.17) is 4.52 Å². The fraction of sp³-hybridized carbons (Fsp3) is 0.500. The van der Waals surface area contributed by atoms with Crippen LogP contribution in [0.5, 0.6) is 0 Å². The minimum Gasteiger partial charge on any atom is -0.393 e. The van der Waals surface area contributed by atoms with E-state index in [1.54, 1.807) is 0 Å². The molecule has 1 saturated carbocycles. The lowest BCUT2D eigenvalue weighted by molar-refractivity contribution is 0.0657. The van der Waals surface area contributed by atoms with Gasteiger partial charge < -0.3 is 9.63 Å². The summed E-state index contributed by atoms with van der Waals surface area (Å²) in [5, 5.41) is 14.1. The van der Waals surface area contributed by atoms with Gasteiger partial charge in [0.25, 0.3) is 0 Å². The Balaban J connectivity index is 1.65. The van der Waals surface area contributed by atoms with Crippen LogP contribution in [0.25, 0.3) is 0 Å². The largest absolute Gasteiger partial charge is 0.393 e. The molecule has 5 heteroatoms. The number of rotatable bonds is 4. The molecule has 1 aliphatic carbocycles. The van der Waals surface area contributed by atoms with Crippen LogP contribution < -0.4 is 0 Å². The van der Waals surface area contributed by atoms with E-state index in [0.717, 1.165) is 29.3 Å². The Morgan fingerprint density at radius 3 is 2.86 bits per heavy atom. The van der Waals surface area contributed by atoms with E-state index >= 15 is 0 Å². The first-order valence-corrected chi connectivity index (χ1v) is 8.24. The molecule has 0 spiro atoms. The van der Waals surface area contributed by atoms with Crippen molar-refractivity contribution in [2.75, 3.05) is 0 Å². The first kappa shape index (κ1) is 14.7. The summed E-state index contributed by atoms with van der Waals surface area (Å²) in [6.45, 7) is 0. The summed E-state index contributed by atoms with van der Waals surface area (Å²) >= 11 is 3.53. The number of benzene rings is 1. The lowest BCUT2D eigenvalue weighted by Gasteiger charge is -2.26. The second kappa shape index (κ2) is 6.71. The molecule has 1 fully saturated rings. The predicted molar refractivity (Wildman–Crippen MR) is 82.9 cm³/mol. The monoisotopic (exact) mass is 350 g/mol. The molecular formula is C16H19BrN2O2. The van der Waals surface area contributed by atoms with Crippen LogP contribution in [0.4, 0.5) is 0 Å². The van der Waals surface area contributed by atoms with Gasteiger partial charge in [-0.25, -0.2) is 0 Å². The number of aliphatic hydroxyl groups excluding tert-OH is 1. The molecule has 1 aliphatic rings. The smallest absolute Gasteiger partial charge is 0.227 e. The highest BCUT2D eigenvalue weighted by molar-refractivity contribution is 9.10. The number of halogens is 1. The van der Waals surface area contributed by atoms with Crippen molar-refractivity contribution in [3.63, 3.8) is 0 Å². The molecule has 1 N–H and O–H groups in total. The second-order valence-corrected chi connectivity index (χ2v) is 6.54. The normalized spacial score (nSPS) is 22.4. The molecule has 0 amide bonds. The molecule has 3 rings (SSSR count). The first-order valence-electron chi connectivity index (χ1n) is 7.45. The van der Waals surface area contributed by atoms with Gasteiger partial charge >= 0.3 is 0 Å². The number of hydrogen-bond acceptors (Lipinski definition) is 4. The molecule has 1 aromatic heterocycles. The van der Waals surface area contributed by atoms with Gasteiger partial charge in [0.05, 0.1) is 6.10 Å². The molecular weight excluding hydrogens is 332 g/mol. The van der Waals surface area contributed by atoms with Crippen molar-refractivity contribution in [3.05, 3.63) is 46.0 Å². The first-order chi connectivity index (χ1) is 10.2. The summed E-state index contributed by atoms with van der Waals surface area (Å²) in [5.41, 5.74) is 1.14. The fourth-order valence-corrected chi connectivity index (χ4v) is 3.33. The number of aliphatic hydroxyl groups is 1. The molecule has 0 saturated heterocycles. The van der Waals surface area contributed by atoms with Crippen molar-refractivity contribution >= 4 is 15.9 Å². The molecule has 2 unspecified atom stereocenters. The molecule has 4 nitrogen and oxygen atoms in total. The maximum Gasteiger partial charge on any atom is 0.227 e. The van der Waals surface area contributed by atoms with Gasteiger partial charge in [0.15, 0.2) is 5.82 Å². The van der Waals surface area contributed by atoms with Crippen molar-refractivity contribution in [2.45, 2.75) is 44.6 Å². The third kappa shape index (κ3) is 3.71. The van der Waals surface area contributed by atoms with Gasteiger partial charge in [-0.2, -0.15) is 4.98 Å². The molecule has 0 bridgehead atoms. The summed E-state index contributed by atoms with van der Waals surface area (Å²) < 4.78 is 6.39. The van der Waals surface area contributed by atoms with Crippen LogP contribution in [0, 0.1) is 5.92 Å². The van der Waals surface area contributed by atoms with Gasteiger partial charge in [-0.15, -0.1) is 0 Å². The molecule has 1 heterocycles. The summed E-state index contributed by atoms with van der Waals surface area (Å²) in [7, 11) is 0. The Morgan fingerprint density at radius 2 is 2.05 bits per heavy atom. The van der Waals surface area contributed by atoms with Crippen molar-refractivity contribution < 1.29 is 9.63 Å². The van der Waals surface area contributed by atoms with Crippen LogP contribution >= 0.6 is 15.9 Å². The molecule has 2 aromatic rings. The SMILES string of the molecule is OC1CCCCC1Cc1nc(Cc2ccccc2Br)no1. The van der Waals surface area contributed by atoms with Gasteiger partial charge in [-0.3, -0.25) is 0 Å². The number of aromatic nitrogens is 2. The quantitative estimate of drug-likeness (QED) is 0.916. The van der Waals surface area contributed by atoms with Gasteiger partial charge in [0, 0.05) is 17.3 Å². The van der Waals surface area contributed by atoms with Crippen molar-refractivity contribution in [1.29, 1.82) is 0 Å². The average molecular weight is 351 g/mol. The van der Waals surface area contributed by atoms with Crippen LogP contribution in [0.2, 0.25) is 0 Å². The van der Waals surface area contributed by atoms with E-state index in [-0.39, 0.29) is 12.0 Å². The Bertz CT molecular complexity index is 599. The van der Waals surface area contributed by atoms with E-state index in [0.29, 0.717) is 24.6 Å². The standard InChI is InChI=1S/C16H19BrN2O2/c17-13-7-3-1-5-11(13)9-15-18-16(21-19-15)10-12-6-2-4-8-14(12)20/h1,3,5,7,12,14,20H,2,4,6,8-10H2. The third-order valence-electron chi connectivity index (χ3n) is 4.12. The van der Waals surface area contributed by atoms with Crippen LogP contribution in [-0.4, -0.2) is 21.4 Å². The highest BCUT2D eigenvalue weighted by Crippen LogP contribution is 2.27. The average Bonchev–Trinajstić information content (AvgIpc) is 2.91. The Hall–Kier alpha value is -1.20. The highest BCUT2D eigenvalue weighted by atomic mass is 79.9. The van der Waals surface area contributed by atoms with Crippen molar-refractivity contribution in [2.24, 2.45) is 5.92 Å². The fourth-order valence-electron chi connectivity index (χ4n) is 2.91. The van der Waals surface area contributed by atoms with Crippen molar-refractivity contribution in [1.82, 2.24) is 10.1 Å². The van der Waals surface area contributed by atoms with Gasteiger partial charge in [-0.05, 0) is 30.4 Å². The van der Waals surface area contributed by atoms with Gasteiger partial charge in [0.2, 0.25) is 5.89 Å². The maximum absolute atomic E-state index is 10.0. The molecule has 0 aliphatic heterocycles. The number of nitrogens with zero attached hydrogens (tertiary/aromatic N) is 2. The zero-order valence-electron chi connectivity index (χ0n) is 11.8. The van der Waals surface area contributed by atoms with E-state index in [9.17, 15) is 5.11 Å². The Kier molecular flexibility index (Phi) is 4.70. The summed E-state index contributed by atoms with van der Waals surface area (Å²) in [5.74, 6) is 1.60. The summed E-state index contributed by atoms with van der Waals surface area (Å²) in [4.78, 5) is 4.47. The third-order valence-corrected chi connectivity index (χ3v) is 4.90. The lowest BCUT2D eigenvalue weighted by atomic mass is 9.84. The molecule has 21 heavy (non-hydrogen) atoms. The number of hydrogen-bond donors (Lipinski definition) is 1. The van der Waals surface area contributed by atoms with Crippen LogP contribution in [-0.2, 0) is 12.8 Å². The minimum atomic E-state index is -0.225. The van der Waals surface area contributed by atoms with Gasteiger partial charge in [0.1, 0.15) is 0 Å². The van der Waals surface area contributed by atoms with E-state index in [1.165, 1.54) is 6.42 Å². The Morgan fingerprint density at radius 1 is 1.24 bits per heavy atom. The Labute approximate surface area is 132 Å². The van der Waals surface area contributed by atoms with Crippen LogP contribution in [0.3, 0.4) is 0 Å². The van der Waals surface area contributed by atoms with Gasteiger partial charge in [-0.1, -0.05) is 52.1 Å². The van der Waals surface area contributed by atoms with E-state index < -0.39 is 0 Å². The van der Waals surface area contributed by atoms with Crippen LogP contribution in [0.15, 0.2) is 33.3 Å². The summed E-state index contributed by atoms with van der Waals surface area (Å²) in [6, 6.07) is 8.04. The molecule has 0 radical (unpaired) electrons. The highest BCUT2D eigenvalue weighted by Gasteiger charge is 2.25. The topological polar surface area (TPSA) is 59.2 Å². The molecule has 1 aromatic carbocycles. The molecule has 2 atom stereocenters. The maximum atomic E-state index is 10.0. The second-order valence-electron chi connectivity index (χ2n) is 5.69. The minimum absolute atomic E-state index is 0.225. The van der Waals surface area contributed by atoms with E-state index in [2.05, 4.69) is 26.1 Å². The lowest BCUT2D eigenvalue weighted by Crippen LogP contribution is -2.26. The predicted octanol–water partition coefficient (Wildman–Crippen LogP) is 3.52. The summed E-state index contributed by atoms with van der Waals surface area (Å²) in [6.07, 6.45) is 5.35. The van der Waals surface area contributed by atoms with Crippen molar-refractivity contribution in [3.8, 4) is 0 Å². The zero-order chi connectivity index (χ0) is 14.7.